The van der Waals surface area contributed by atoms with E-state index in [2.05, 4.69) is 0 Å². The standard InChI is InChI=1S/C17H20N2O7/c1-10-7-13(12(3)18(10)11(2)8-24-4)14(20)9-25-17(21)15-5-6-16(26-15)19(22)23/h5-7,11H,8-9H2,1-4H3/t11-/m1/s1. The van der Waals surface area contributed by atoms with Crippen LogP contribution in [0, 0.1) is 24.0 Å². The van der Waals surface area contributed by atoms with Gasteiger partial charge in [-0.05, 0) is 32.9 Å². The van der Waals surface area contributed by atoms with E-state index in [1.54, 1.807) is 13.2 Å². The highest BCUT2D eigenvalue weighted by atomic mass is 16.7. The molecule has 0 N–H and O–H groups in total. The van der Waals surface area contributed by atoms with Crippen molar-refractivity contribution >= 4 is 17.6 Å². The Labute approximate surface area is 149 Å². The summed E-state index contributed by atoms with van der Waals surface area (Å²) in [4.78, 5) is 34.0. The number of ketones is 1. The average molecular weight is 364 g/mol. The quantitative estimate of drug-likeness (QED) is 0.306. The van der Waals surface area contributed by atoms with E-state index in [1.165, 1.54) is 0 Å². The van der Waals surface area contributed by atoms with Gasteiger partial charge >= 0.3 is 11.9 Å². The molecule has 0 saturated carbocycles. The van der Waals surface area contributed by atoms with Gasteiger partial charge in [0.2, 0.25) is 11.5 Å². The van der Waals surface area contributed by atoms with Gasteiger partial charge in [0.05, 0.1) is 18.7 Å². The minimum absolute atomic E-state index is 0.0489. The monoisotopic (exact) mass is 364 g/mol. The average Bonchev–Trinajstić information content (AvgIpc) is 3.18. The highest BCUT2D eigenvalue weighted by Crippen LogP contribution is 2.22. The summed E-state index contributed by atoms with van der Waals surface area (Å²) in [6.07, 6.45) is 0. The van der Waals surface area contributed by atoms with Crippen LogP contribution in [-0.2, 0) is 9.47 Å². The first-order chi connectivity index (χ1) is 12.3. The lowest BCUT2D eigenvalue weighted by Gasteiger charge is -2.17. The molecule has 1 atom stereocenters. The lowest BCUT2D eigenvalue weighted by Crippen LogP contribution is -2.16. The Hall–Kier alpha value is -2.94. The number of carbonyl (C=O) groups is 2. The van der Waals surface area contributed by atoms with Crippen LogP contribution in [0.1, 0.15) is 45.3 Å². The second kappa shape index (κ2) is 7.96. The molecule has 0 aliphatic carbocycles. The van der Waals surface area contributed by atoms with E-state index in [9.17, 15) is 19.7 Å². The topological polar surface area (TPSA) is 114 Å². The van der Waals surface area contributed by atoms with Crippen LogP contribution in [-0.4, -0.2) is 41.6 Å². The predicted octanol–water partition coefficient (Wildman–Crippen LogP) is 2.85. The number of rotatable bonds is 8. The van der Waals surface area contributed by atoms with E-state index in [1.807, 2.05) is 25.3 Å². The fourth-order valence-electron chi connectivity index (χ4n) is 2.87. The van der Waals surface area contributed by atoms with E-state index in [0.29, 0.717) is 12.2 Å². The van der Waals surface area contributed by atoms with Gasteiger partial charge in [-0.1, -0.05) is 0 Å². The Bertz CT molecular complexity index is 834. The van der Waals surface area contributed by atoms with E-state index in [0.717, 1.165) is 23.5 Å². The molecule has 0 fully saturated rings. The highest BCUT2D eigenvalue weighted by molar-refractivity contribution is 6.00. The molecule has 0 amide bonds. The maximum atomic E-state index is 12.4. The summed E-state index contributed by atoms with van der Waals surface area (Å²) in [6.45, 7) is 5.67. The van der Waals surface area contributed by atoms with Crippen LogP contribution in [0.3, 0.4) is 0 Å². The maximum absolute atomic E-state index is 12.4. The first kappa shape index (κ1) is 19.4. The third kappa shape index (κ3) is 3.99. The molecular formula is C17H20N2O7. The number of aryl methyl sites for hydroxylation is 1. The second-order valence-corrected chi connectivity index (χ2v) is 5.85. The Morgan fingerprint density at radius 1 is 1.35 bits per heavy atom. The van der Waals surface area contributed by atoms with Gasteiger partial charge in [0, 0.05) is 24.1 Å². The summed E-state index contributed by atoms with van der Waals surface area (Å²) in [7, 11) is 1.61. The number of hydrogen-bond acceptors (Lipinski definition) is 7. The molecule has 0 bridgehead atoms. The molecule has 2 rings (SSSR count). The number of furan rings is 1. The van der Waals surface area contributed by atoms with Gasteiger partial charge in [-0.2, -0.15) is 0 Å². The van der Waals surface area contributed by atoms with Crippen LogP contribution in [0.4, 0.5) is 5.88 Å². The Kier molecular flexibility index (Phi) is 5.93. The number of esters is 1. The first-order valence-corrected chi connectivity index (χ1v) is 7.88. The summed E-state index contributed by atoms with van der Waals surface area (Å²) in [5.41, 5.74) is 2.09. The van der Waals surface area contributed by atoms with Crippen LogP contribution in [0.2, 0.25) is 0 Å². The molecular weight excluding hydrogens is 344 g/mol. The van der Waals surface area contributed by atoms with Crippen LogP contribution in [0.15, 0.2) is 22.6 Å². The van der Waals surface area contributed by atoms with Crippen molar-refractivity contribution in [1.29, 1.82) is 0 Å². The van der Waals surface area contributed by atoms with Crippen molar-refractivity contribution in [2.75, 3.05) is 20.3 Å². The number of aromatic nitrogens is 1. The fraction of sp³-hybridized carbons (Fsp3) is 0.412. The Balaban J connectivity index is 2.07. The summed E-state index contributed by atoms with van der Waals surface area (Å²) in [6, 6.07) is 3.95. The van der Waals surface area contributed by atoms with Crippen LogP contribution in [0.25, 0.3) is 0 Å². The van der Waals surface area contributed by atoms with E-state index in [-0.39, 0.29) is 17.6 Å². The van der Waals surface area contributed by atoms with E-state index < -0.39 is 23.4 Å². The van der Waals surface area contributed by atoms with Crippen LogP contribution in [0.5, 0.6) is 0 Å². The largest absolute Gasteiger partial charge is 0.451 e. The van der Waals surface area contributed by atoms with Crippen molar-refractivity contribution < 1.29 is 28.4 Å². The van der Waals surface area contributed by atoms with Gasteiger partial charge < -0.3 is 18.5 Å². The third-order valence-corrected chi connectivity index (χ3v) is 3.94. The molecule has 2 aromatic heterocycles. The van der Waals surface area contributed by atoms with Gasteiger partial charge in [0.25, 0.3) is 0 Å². The Morgan fingerprint density at radius 2 is 2.04 bits per heavy atom. The maximum Gasteiger partial charge on any atom is 0.433 e. The molecule has 0 aromatic carbocycles. The highest BCUT2D eigenvalue weighted by Gasteiger charge is 2.22. The van der Waals surface area contributed by atoms with E-state index >= 15 is 0 Å². The summed E-state index contributed by atoms with van der Waals surface area (Å²) < 4.78 is 16.8. The molecule has 0 radical (unpaired) electrons. The molecule has 0 aliphatic rings. The normalized spacial score (nSPS) is 12.0. The molecule has 9 heteroatoms. The van der Waals surface area contributed by atoms with Crippen molar-refractivity contribution in [3.63, 3.8) is 0 Å². The number of nitro groups is 1. The number of methoxy groups -OCH3 is 1. The first-order valence-electron chi connectivity index (χ1n) is 7.88. The number of ether oxygens (including phenoxy) is 2. The number of Topliss-reactive ketones (excluding diaryl/α,β-unsaturated/α-hetero) is 1. The minimum Gasteiger partial charge on any atom is -0.451 e. The number of hydrogen-bond donors (Lipinski definition) is 0. The minimum atomic E-state index is -0.937. The van der Waals surface area contributed by atoms with Gasteiger partial charge in [-0.15, -0.1) is 0 Å². The summed E-state index contributed by atoms with van der Waals surface area (Å²) >= 11 is 0. The molecule has 0 spiro atoms. The number of carbonyl (C=O) groups excluding carboxylic acids is 2. The van der Waals surface area contributed by atoms with Crippen molar-refractivity contribution in [2.24, 2.45) is 0 Å². The summed E-state index contributed by atoms with van der Waals surface area (Å²) in [5.74, 6) is -2.21. The molecule has 0 aliphatic heterocycles. The zero-order chi connectivity index (χ0) is 19.4. The molecule has 140 valence electrons. The summed E-state index contributed by atoms with van der Waals surface area (Å²) in [5, 5.41) is 10.6. The molecule has 2 heterocycles. The van der Waals surface area contributed by atoms with Gasteiger partial charge in [-0.3, -0.25) is 14.9 Å². The number of nitrogens with zero attached hydrogens (tertiary/aromatic N) is 2. The predicted molar refractivity (Wildman–Crippen MR) is 90.5 cm³/mol. The van der Waals surface area contributed by atoms with Crippen molar-refractivity contribution in [1.82, 2.24) is 4.57 Å². The van der Waals surface area contributed by atoms with Crippen molar-refractivity contribution in [2.45, 2.75) is 26.8 Å². The zero-order valence-corrected chi connectivity index (χ0v) is 15.0. The fourth-order valence-corrected chi connectivity index (χ4v) is 2.87. The molecule has 9 nitrogen and oxygen atoms in total. The lowest BCUT2D eigenvalue weighted by atomic mass is 10.1. The van der Waals surface area contributed by atoms with Crippen molar-refractivity contribution in [3.8, 4) is 0 Å². The Morgan fingerprint density at radius 3 is 2.62 bits per heavy atom. The van der Waals surface area contributed by atoms with Gasteiger partial charge in [0.1, 0.15) is 4.92 Å². The zero-order valence-electron chi connectivity index (χ0n) is 15.0. The second-order valence-electron chi connectivity index (χ2n) is 5.85. The molecule has 0 saturated heterocycles. The van der Waals surface area contributed by atoms with Crippen LogP contribution < -0.4 is 0 Å². The van der Waals surface area contributed by atoms with Gasteiger partial charge in [0.15, 0.2) is 6.61 Å². The third-order valence-electron chi connectivity index (χ3n) is 3.94. The lowest BCUT2D eigenvalue weighted by molar-refractivity contribution is -0.402. The SMILES string of the molecule is COC[C@@H](C)n1c(C)cc(C(=O)COC(=O)c2ccc([N+](=O)[O-])o2)c1C. The molecule has 2 aromatic rings. The van der Waals surface area contributed by atoms with Crippen molar-refractivity contribution in [3.05, 3.63) is 51.0 Å². The van der Waals surface area contributed by atoms with E-state index in [4.69, 9.17) is 13.9 Å². The molecule has 26 heavy (non-hydrogen) atoms. The van der Waals surface area contributed by atoms with Crippen LogP contribution >= 0.6 is 0 Å². The smallest absolute Gasteiger partial charge is 0.433 e. The molecule has 0 unspecified atom stereocenters. The van der Waals surface area contributed by atoms with Gasteiger partial charge in [-0.25, -0.2) is 4.79 Å².